The van der Waals surface area contributed by atoms with Gasteiger partial charge in [0.2, 0.25) is 11.8 Å². The number of hydrogen-bond acceptors (Lipinski definition) is 5. The molecule has 1 unspecified atom stereocenters. The monoisotopic (exact) mass is 303 g/mol. The first-order valence-corrected chi connectivity index (χ1v) is 7.71. The summed E-state index contributed by atoms with van der Waals surface area (Å²) in [4.78, 5) is 29.8. The minimum Gasteiger partial charge on any atom is -0.353 e. The Hall–Kier alpha value is -2.15. The van der Waals surface area contributed by atoms with Gasteiger partial charge in [-0.1, -0.05) is 0 Å². The Bertz CT molecular complexity index is 539. The van der Waals surface area contributed by atoms with Gasteiger partial charge in [0.05, 0.1) is 24.3 Å². The quantitative estimate of drug-likeness (QED) is 0.729. The first-order valence-electron chi connectivity index (χ1n) is 7.71. The van der Waals surface area contributed by atoms with E-state index in [-0.39, 0.29) is 17.7 Å². The zero-order valence-electron chi connectivity index (χ0n) is 12.5. The highest BCUT2D eigenvalue weighted by atomic mass is 16.2. The molecule has 1 aromatic rings. The van der Waals surface area contributed by atoms with Crippen LogP contribution in [0.25, 0.3) is 0 Å². The second-order valence-corrected chi connectivity index (χ2v) is 5.71. The molecular formula is C15H21N5O2. The van der Waals surface area contributed by atoms with Crippen molar-refractivity contribution in [3.05, 3.63) is 18.3 Å². The van der Waals surface area contributed by atoms with Gasteiger partial charge in [-0.25, -0.2) is 4.98 Å². The highest BCUT2D eigenvalue weighted by Gasteiger charge is 2.21. The van der Waals surface area contributed by atoms with Gasteiger partial charge < -0.3 is 20.9 Å². The van der Waals surface area contributed by atoms with Gasteiger partial charge >= 0.3 is 0 Å². The summed E-state index contributed by atoms with van der Waals surface area (Å²) in [7, 11) is 0. The van der Waals surface area contributed by atoms with Crippen molar-refractivity contribution in [2.45, 2.75) is 12.8 Å². The van der Waals surface area contributed by atoms with Crippen molar-refractivity contribution in [3.63, 3.8) is 0 Å². The van der Waals surface area contributed by atoms with E-state index in [4.69, 9.17) is 0 Å². The summed E-state index contributed by atoms with van der Waals surface area (Å²) in [5, 5.41) is 8.93. The predicted molar refractivity (Wildman–Crippen MR) is 83.7 cm³/mol. The molecular weight excluding hydrogens is 282 g/mol. The van der Waals surface area contributed by atoms with Crippen LogP contribution >= 0.6 is 0 Å². The van der Waals surface area contributed by atoms with Crippen molar-refractivity contribution in [3.8, 4) is 0 Å². The fourth-order valence-electron chi connectivity index (χ4n) is 2.80. The molecule has 1 atom stereocenters. The summed E-state index contributed by atoms with van der Waals surface area (Å²) in [5.41, 5.74) is 0.695. The maximum absolute atomic E-state index is 12.2. The van der Waals surface area contributed by atoms with Gasteiger partial charge in [-0.05, 0) is 31.5 Å². The number of piperidine rings is 1. The fourth-order valence-corrected chi connectivity index (χ4v) is 2.80. The lowest BCUT2D eigenvalue weighted by molar-refractivity contribution is -0.121. The minimum absolute atomic E-state index is 0.00947. The van der Waals surface area contributed by atoms with E-state index < -0.39 is 0 Å². The molecule has 2 aliphatic heterocycles. The van der Waals surface area contributed by atoms with Gasteiger partial charge in [0.15, 0.2) is 0 Å². The van der Waals surface area contributed by atoms with E-state index in [0.29, 0.717) is 18.8 Å². The zero-order valence-corrected chi connectivity index (χ0v) is 12.5. The SMILES string of the molecule is O=C1CN(c2ccc(NC(=O)C3CCCNC3)cn2)CCN1. The summed E-state index contributed by atoms with van der Waals surface area (Å²) >= 11 is 0. The summed E-state index contributed by atoms with van der Waals surface area (Å²) in [6.07, 6.45) is 3.61. The Morgan fingerprint density at radius 2 is 2.27 bits per heavy atom. The number of nitrogens with zero attached hydrogens (tertiary/aromatic N) is 2. The minimum atomic E-state index is 0.00947. The van der Waals surface area contributed by atoms with Gasteiger partial charge in [-0.3, -0.25) is 9.59 Å². The molecule has 2 saturated heterocycles. The molecule has 2 amide bonds. The zero-order chi connectivity index (χ0) is 15.4. The lowest BCUT2D eigenvalue weighted by atomic mass is 9.99. The number of aromatic nitrogens is 1. The van der Waals surface area contributed by atoms with E-state index in [2.05, 4.69) is 20.9 Å². The summed E-state index contributed by atoms with van der Waals surface area (Å²) in [5.74, 6) is 0.834. The molecule has 2 fully saturated rings. The fraction of sp³-hybridized carbons (Fsp3) is 0.533. The van der Waals surface area contributed by atoms with Crippen LogP contribution in [0, 0.1) is 5.92 Å². The summed E-state index contributed by atoms with van der Waals surface area (Å²) < 4.78 is 0. The molecule has 7 nitrogen and oxygen atoms in total. The molecule has 3 rings (SSSR count). The van der Waals surface area contributed by atoms with Crippen LogP contribution in [-0.2, 0) is 9.59 Å². The Kier molecular flexibility index (Phi) is 4.53. The standard InChI is InChI=1S/C15H21N5O2/c21-14-10-20(7-6-17-14)13-4-3-12(9-18-13)19-15(22)11-2-1-5-16-8-11/h3-4,9,11,16H,1-2,5-8,10H2,(H,17,21)(H,19,22). The number of anilines is 2. The summed E-state index contributed by atoms with van der Waals surface area (Å²) in [6, 6.07) is 3.68. The van der Waals surface area contributed by atoms with Gasteiger partial charge in [-0.2, -0.15) is 0 Å². The smallest absolute Gasteiger partial charge is 0.239 e. The van der Waals surface area contributed by atoms with E-state index in [1.807, 2.05) is 17.0 Å². The maximum Gasteiger partial charge on any atom is 0.239 e. The van der Waals surface area contributed by atoms with E-state index in [0.717, 1.165) is 38.3 Å². The normalized spacial score (nSPS) is 22.1. The predicted octanol–water partition coefficient (Wildman–Crippen LogP) is -0.0441. The van der Waals surface area contributed by atoms with Crippen molar-refractivity contribution >= 4 is 23.3 Å². The maximum atomic E-state index is 12.2. The van der Waals surface area contributed by atoms with Crippen LogP contribution in [0.5, 0.6) is 0 Å². The van der Waals surface area contributed by atoms with Gasteiger partial charge in [0.25, 0.3) is 0 Å². The third-order valence-electron chi connectivity index (χ3n) is 4.05. The Labute approximate surface area is 129 Å². The lowest BCUT2D eigenvalue weighted by Crippen LogP contribution is -2.48. The third-order valence-corrected chi connectivity index (χ3v) is 4.05. The lowest BCUT2D eigenvalue weighted by Gasteiger charge is -2.27. The molecule has 2 aliphatic rings. The molecule has 0 spiro atoms. The molecule has 0 aliphatic carbocycles. The molecule has 7 heteroatoms. The van der Waals surface area contributed by atoms with Crippen LogP contribution in [-0.4, -0.2) is 49.5 Å². The van der Waals surface area contributed by atoms with E-state index in [9.17, 15) is 9.59 Å². The number of nitrogens with one attached hydrogen (secondary N) is 3. The highest BCUT2D eigenvalue weighted by Crippen LogP contribution is 2.17. The number of carbonyl (C=O) groups excluding carboxylic acids is 2. The highest BCUT2D eigenvalue weighted by molar-refractivity contribution is 5.92. The number of amides is 2. The van der Waals surface area contributed by atoms with Crippen LogP contribution in [0.15, 0.2) is 18.3 Å². The number of carbonyl (C=O) groups is 2. The second kappa shape index (κ2) is 6.74. The number of pyridine rings is 1. The third kappa shape index (κ3) is 3.54. The first kappa shape index (κ1) is 14.8. The van der Waals surface area contributed by atoms with Crippen molar-refractivity contribution in [2.24, 2.45) is 5.92 Å². The van der Waals surface area contributed by atoms with Crippen LogP contribution in [0.1, 0.15) is 12.8 Å². The molecule has 22 heavy (non-hydrogen) atoms. The molecule has 0 bridgehead atoms. The molecule has 1 aromatic heterocycles. The molecule has 3 heterocycles. The van der Waals surface area contributed by atoms with Gasteiger partial charge in [-0.15, -0.1) is 0 Å². The average Bonchev–Trinajstić information content (AvgIpc) is 2.56. The van der Waals surface area contributed by atoms with E-state index in [1.165, 1.54) is 0 Å². The Morgan fingerprint density at radius 1 is 1.36 bits per heavy atom. The van der Waals surface area contributed by atoms with Crippen molar-refractivity contribution in [1.82, 2.24) is 15.6 Å². The van der Waals surface area contributed by atoms with Crippen LogP contribution < -0.4 is 20.9 Å². The van der Waals surface area contributed by atoms with Crippen molar-refractivity contribution < 1.29 is 9.59 Å². The number of rotatable bonds is 3. The molecule has 0 radical (unpaired) electrons. The van der Waals surface area contributed by atoms with Crippen LogP contribution in [0.4, 0.5) is 11.5 Å². The second-order valence-electron chi connectivity index (χ2n) is 5.71. The van der Waals surface area contributed by atoms with E-state index in [1.54, 1.807) is 6.20 Å². The number of piperazine rings is 1. The molecule has 0 aromatic carbocycles. The van der Waals surface area contributed by atoms with Crippen LogP contribution in [0.3, 0.4) is 0 Å². The molecule has 0 saturated carbocycles. The van der Waals surface area contributed by atoms with E-state index >= 15 is 0 Å². The first-order chi connectivity index (χ1) is 10.7. The van der Waals surface area contributed by atoms with Crippen molar-refractivity contribution in [2.75, 3.05) is 42.9 Å². The van der Waals surface area contributed by atoms with Gasteiger partial charge in [0, 0.05) is 19.6 Å². The molecule has 3 N–H and O–H groups in total. The summed E-state index contributed by atoms with van der Waals surface area (Å²) in [6.45, 7) is 3.43. The van der Waals surface area contributed by atoms with Gasteiger partial charge in [0.1, 0.15) is 5.82 Å². The largest absolute Gasteiger partial charge is 0.353 e. The Balaban J connectivity index is 1.59. The molecule has 118 valence electrons. The average molecular weight is 303 g/mol. The Morgan fingerprint density at radius 3 is 2.95 bits per heavy atom. The topological polar surface area (TPSA) is 86.4 Å². The van der Waals surface area contributed by atoms with Crippen molar-refractivity contribution in [1.29, 1.82) is 0 Å². The van der Waals surface area contributed by atoms with Crippen LogP contribution in [0.2, 0.25) is 0 Å². The number of hydrogen-bond donors (Lipinski definition) is 3.